The molecule has 6 heteroatoms. The molecule has 2 atom stereocenters. The van der Waals surface area contributed by atoms with E-state index in [0.717, 1.165) is 6.42 Å². The number of amides is 1. The predicted octanol–water partition coefficient (Wildman–Crippen LogP) is 0.750. The van der Waals surface area contributed by atoms with E-state index in [1.807, 2.05) is 20.8 Å². The molecule has 0 aliphatic carbocycles. The Bertz CT molecular complexity index is 318. The SMILES string of the molecule is CCCN(C(=O)COC(C)C)C1COCC1C(=O)O. The molecule has 0 aromatic carbocycles. The van der Waals surface area contributed by atoms with E-state index in [2.05, 4.69) is 0 Å². The largest absolute Gasteiger partial charge is 0.481 e. The summed E-state index contributed by atoms with van der Waals surface area (Å²) in [7, 11) is 0. The molecule has 1 rings (SSSR count). The van der Waals surface area contributed by atoms with Crippen LogP contribution in [0.4, 0.5) is 0 Å². The highest BCUT2D eigenvalue weighted by molar-refractivity contribution is 5.79. The quantitative estimate of drug-likeness (QED) is 0.740. The second-order valence-corrected chi connectivity index (χ2v) is 5.00. The maximum atomic E-state index is 12.1. The molecule has 1 amide bonds. The van der Waals surface area contributed by atoms with E-state index >= 15 is 0 Å². The van der Waals surface area contributed by atoms with Crippen molar-refractivity contribution in [2.45, 2.75) is 39.3 Å². The molecule has 0 aromatic rings. The van der Waals surface area contributed by atoms with Crippen molar-refractivity contribution in [3.8, 4) is 0 Å². The van der Waals surface area contributed by atoms with Crippen molar-refractivity contribution in [2.24, 2.45) is 5.92 Å². The molecular formula is C13H23NO5. The highest BCUT2D eigenvalue weighted by Crippen LogP contribution is 2.20. The van der Waals surface area contributed by atoms with Crippen molar-refractivity contribution in [1.29, 1.82) is 0 Å². The van der Waals surface area contributed by atoms with Crippen molar-refractivity contribution in [3.05, 3.63) is 0 Å². The van der Waals surface area contributed by atoms with Gasteiger partial charge < -0.3 is 19.5 Å². The Hall–Kier alpha value is -1.14. The number of hydrogen-bond donors (Lipinski definition) is 1. The summed E-state index contributed by atoms with van der Waals surface area (Å²) in [6.45, 7) is 6.63. The van der Waals surface area contributed by atoms with E-state index in [1.54, 1.807) is 4.90 Å². The highest BCUT2D eigenvalue weighted by atomic mass is 16.5. The highest BCUT2D eigenvalue weighted by Gasteiger charge is 2.39. The van der Waals surface area contributed by atoms with Gasteiger partial charge in [0.05, 0.1) is 25.4 Å². The number of ether oxygens (including phenoxy) is 2. The summed E-state index contributed by atoms with van der Waals surface area (Å²) in [5.41, 5.74) is 0. The molecule has 1 N–H and O–H groups in total. The summed E-state index contributed by atoms with van der Waals surface area (Å²) >= 11 is 0. The van der Waals surface area contributed by atoms with Crippen molar-refractivity contribution in [3.63, 3.8) is 0 Å². The summed E-state index contributed by atoms with van der Waals surface area (Å²) in [5.74, 6) is -1.73. The molecule has 1 heterocycles. The Kier molecular flexibility index (Phi) is 6.24. The van der Waals surface area contributed by atoms with Gasteiger partial charge in [0.2, 0.25) is 5.91 Å². The van der Waals surface area contributed by atoms with Crippen LogP contribution in [-0.4, -0.2) is 60.4 Å². The fraction of sp³-hybridized carbons (Fsp3) is 0.846. The van der Waals surface area contributed by atoms with Crippen molar-refractivity contribution < 1.29 is 24.2 Å². The van der Waals surface area contributed by atoms with E-state index in [-0.39, 0.29) is 37.9 Å². The van der Waals surface area contributed by atoms with Gasteiger partial charge in [-0.25, -0.2) is 0 Å². The molecule has 19 heavy (non-hydrogen) atoms. The Morgan fingerprint density at radius 2 is 2.11 bits per heavy atom. The third kappa shape index (κ3) is 4.47. The Morgan fingerprint density at radius 1 is 1.42 bits per heavy atom. The van der Waals surface area contributed by atoms with E-state index in [9.17, 15) is 9.59 Å². The van der Waals surface area contributed by atoms with Crippen LogP contribution in [0, 0.1) is 5.92 Å². The summed E-state index contributed by atoms with van der Waals surface area (Å²) < 4.78 is 10.5. The van der Waals surface area contributed by atoms with Gasteiger partial charge in [-0.15, -0.1) is 0 Å². The first-order valence-electron chi connectivity index (χ1n) is 6.69. The third-order valence-corrected chi connectivity index (χ3v) is 3.09. The second-order valence-electron chi connectivity index (χ2n) is 5.00. The Morgan fingerprint density at radius 3 is 2.63 bits per heavy atom. The van der Waals surface area contributed by atoms with Crippen LogP contribution < -0.4 is 0 Å². The molecule has 0 saturated carbocycles. The van der Waals surface area contributed by atoms with Gasteiger partial charge in [-0.3, -0.25) is 9.59 Å². The van der Waals surface area contributed by atoms with Gasteiger partial charge in [-0.05, 0) is 20.3 Å². The number of carbonyl (C=O) groups is 2. The molecule has 1 aliphatic rings. The molecule has 0 aromatic heterocycles. The Balaban J connectivity index is 2.70. The zero-order valence-corrected chi connectivity index (χ0v) is 11.8. The van der Waals surface area contributed by atoms with Gasteiger partial charge in [0.1, 0.15) is 12.5 Å². The number of nitrogens with zero attached hydrogens (tertiary/aromatic N) is 1. The summed E-state index contributed by atoms with van der Waals surface area (Å²) in [4.78, 5) is 24.9. The lowest BCUT2D eigenvalue weighted by Crippen LogP contribution is -2.48. The number of carbonyl (C=O) groups excluding carboxylic acids is 1. The number of carboxylic acids is 1. The number of aliphatic carboxylic acids is 1. The van der Waals surface area contributed by atoms with E-state index in [0.29, 0.717) is 6.54 Å². The molecule has 1 aliphatic heterocycles. The van der Waals surface area contributed by atoms with Gasteiger partial charge >= 0.3 is 5.97 Å². The molecule has 0 spiro atoms. The molecule has 0 bridgehead atoms. The van der Waals surface area contributed by atoms with Gasteiger partial charge in [0.15, 0.2) is 0 Å². The molecule has 1 fully saturated rings. The lowest BCUT2D eigenvalue weighted by atomic mass is 10.0. The topological polar surface area (TPSA) is 76.1 Å². The first kappa shape index (κ1) is 15.9. The lowest BCUT2D eigenvalue weighted by Gasteiger charge is -2.30. The van der Waals surface area contributed by atoms with Crippen LogP contribution in [0.15, 0.2) is 0 Å². The molecule has 6 nitrogen and oxygen atoms in total. The third-order valence-electron chi connectivity index (χ3n) is 3.09. The molecule has 0 radical (unpaired) electrons. The van der Waals surface area contributed by atoms with Crippen LogP contribution in [0.3, 0.4) is 0 Å². The van der Waals surface area contributed by atoms with Gasteiger partial charge in [0, 0.05) is 6.54 Å². The van der Waals surface area contributed by atoms with Crippen LogP contribution in [0.2, 0.25) is 0 Å². The fourth-order valence-electron chi connectivity index (χ4n) is 2.12. The minimum absolute atomic E-state index is 0.0134. The van der Waals surface area contributed by atoms with Gasteiger partial charge in [0.25, 0.3) is 0 Å². The predicted molar refractivity (Wildman–Crippen MR) is 68.8 cm³/mol. The van der Waals surface area contributed by atoms with E-state index in [1.165, 1.54) is 0 Å². The average molecular weight is 273 g/mol. The lowest BCUT2D eigenvalue weighted by molar-refractivity contribution is -0.147. The van der Waals surface area contributed by atoms with E-state index < -0.39 is 11.9 Å². The second kappa shape index (κ2) is 7.45. The number of rotatable bonds is 7. The molecule has 2 unspecified atom stereocenters. The molecule has 1 saturated heterocycles. The first-order valence-corrected chi connectivity index (χ1v) is 6.69. The maximum absolute atomic E-state index is 12.1. The monoisotopic (exact) mass is 273 g/mol. The summed E-state index contributed by atoms with van der Waals surface area (Å²) in [6.07, 6.45) is 0.749. The fourth-order valence-corrected chi connectivity index (χ4v) is 2.12. The van der Waals surface area contributed by atoms with Gasteiger partial charge in [-0.2, -0.15) is 0 Å². The number of hydrogen-bond acceptors (Lipinski definition) is 4. The first-order chi connectivity index (χ1) is 8.97. The van der Waals surface area contributed by atoms with Crippen LogP contribution >= 0.6 is 0 Å². The Labute approximate surface area is 113 Å². The average Bonchev–Trinajstić information content (AvgIpc) is 2.81. The van der Waals surface area contributed by atoms with Crippen molar-refractivity contribution >= 4 is 11.9 Å². The zero-order chi connectivity index (χ0) is 14.4. The molecule has 110 valence electrons. The minimum atomic E-state index is -0.916. The van der Waals surface area contributed by atoms with Gasteiger partial charge in [-0.1, -0.05) is 6.92 Å². The minimum Gasteiger partial charge on any atom is -0.481 e. The number of carboxylic acid groups (broad SMARTS) is 1. The van der Waals surface area contributed by atoms with Crippen LogP contribution in [0.25, 0.3) is 0 Å². The van der Waals surface area contributed by atoms with Crippen LogP contribution in [-0.2, 0) is 19.1 Å². The molecular weight excluding hydrogens is 250 g/mol. The van der Waals surface area contributed by atoms with Crippen molar-refractivity contribution in [1.82, 2.24) is 4.90 Å². The van der Waals surface area contributed by atoms with Crippen LogP contribution in [0.1, 0.15) is 27.2 Å². The summed E-state index contributed by atoms with van der Waals surface area (Å²) in [6, 6.07) is -0.388. The van der Waals surface area contributed by atoms with Crippen molar-refractivity contribution in [2.75, 3.05) is 26.4 Å². The van der Waals surface area contributed by atoms with Crippen LogP contribution in [0.5, 0.6) is 0 Å². The van der Waals surface area contributed by atoms with E-state index in [4.69, 9.17) is 14.6 Å². The maximum Gasteiger partial charge on any atom is 0.311 e. The standard InChI is InChI=1S/C13H23NO5/c1-4-5-14(12(15)8-19-9(2)3)11-7-18-6-10(11)13(16)17/h9-11H,4-8H2,1-3H3,(H,16,17). The zero-order valence-electron chi connectivity index (χ0n) is 11.8. The smallest absolute Gasteiger partial charge is 0.311 e. The normalized spacial score (nSPS) is 22.7. The summed E-state index contributed by atoms with van der Waals surface area (Å²) in [5, 5.41) is 9.15.